The highest BCUT2D eigenvalue weighted by atomic mass is 32.2. The summed E-state index contributed by atoms with van der Waals surface area (Å²) < 4.78 is 27.4. The van der Waals surface area contributed by atoms with Gasteiger partial charge >= 0.3 is 0 Å². The molecule has 112 valence electrons. The van der Waals surface area contributed by atoms with Crippen LogP contribution in [-0.2, 0) is 10.0 Å². The van der Waals surface area contributed by atoms with E-state index >= 15 is 0 Å². The fourth-order valence-electron chi connectivity index (χ4n) is 2.68. The van der Waals surface area contributed by atoms with Crippen LogP contribution in [0.5, 0.6) is 0 Å². The zero-order valence-corrected chi connectivity index (χ0v) is 13.7. The summed E-state index contributed by atoms with van der Waals surface area (Å²) in [5, 5.41) is 2.79. The molecular weight excluding hydrogens is 304 g/mol. The first-order chi connectivity index (χ1) is 10.00. The average Bonchev–Trinajstić information content (AvgIpc) is 3.11. The molecule has 1 aromatic heterocycles. The fourth-order valence-corrected chi connectivity index (χ4v) is 5.28. The molecule has 2 aromatic rings. The molecule has 0 radical (unpaired) electrons. The molecule has 3 rings (SSSR count). The normalized spacial score (nSPS) is 20.0. The van der Waals surface area contributed by atoms with Crippen LogP contribution in [0.15, 0.2) is 34.7 Å². The molecule has 1 saturated heterocycles. The van der Waals surface area contributed by atoms with Gasteiger partial charge < -0.3 is 0 Å². The Morgan fingerprint density at radius 1 is 1.29 bits per heavy atom. The third-order valence-corrected chi connectivity index (χ3v) is 6.81. The van der Waals surface area contributed by atoms with Crippen LogP contribution in [0, 0.1) is 13.8 Å². The van der Waals surface area contributed by atoms with E-state index in [-0.39, 0.29) is 6.04 Å². The molecule has 21 heavy (non-hydrogen) atoms. The molecule has 0 aliphatic carbocycles. The van der Waals surface area contributed by atoms with Gasteiger partial charge in [0.15, 0.2) is 0 Å². The quantitative estimate of drug-likeness (QED) is 0.871. The number of nitrogens with zero attached hydrogens (tertiary/aromatic N) is 2. The standard InChI is InChI=1S/C15H18N2O2S2/c1-11-5-6-13(10-12(11)2)21(18,19)17-8-3-4-14(17)15-16-7-9-20-15/h5-7,9-10,14H,3-4,8H2,1-2H3. The van der Waals surface area contributed by atoms with E-state index in [4.69, 9.17) is 0 Å². The summed E-state index contributed by atoms with van der Waals surface area (Å²) in [6.07, 6.45) is 3.46. The highest BCUT2D eigenvalue weighted by Gasteiger charge is 2.37. The Hall–Kier alpha value is -1.24. The zero-order valence-electron chi connectivity index (χ0n) is 12.1. The van der Waals surface area contributed by atoms with Gasteiger partial charge in [0.05, 0.1) is 10.9 Å². The van der Waals surface area contributed by atoms with Crippen LogP contribution in [0.4, 0.5) is 0 Å². The van der Waals surface area contributed by atoms with E-state index in [1.807, 2.05) is 25.3 Å². The zero-order chi connectivity index (χ0) is 15.0. The fraction of sp³-hybridized carbons (Fsp3) is 0.400. The van der Waals surface area contributed by atoms with Crippen LogP contribution in [-0.4, -0.2) is 24.3 Å². The first-order valence-electron chi connectivity index (χ1n) is 6.98. The molecule has 0 bridgehead atoms. The largest absolute Gasteiger partial charge is 0.248 e. The van der Waals surface area contributed by atoms with Crippen molar-refractivity contribution in [3.63, 3.8) is 0 Å². The lowest BCUT2D eigenvalue weighted by atomic mass is 10.1. The van der Waals surface area contributed by atoms with Crippen molar-refractivity contribution in [1.29, 1.82) is 0 Å². The molecule has 1 aliphatic rings. The maximum atomic E-state index is 12.9. The molecule has 6 heteroatoms. The maximum absolute atomic E-state index is 12.9. The van der Waals surface area contributed by atoms with E-state index in [9.17, 15) is 8.42 Å². The van der Waals surface area contributed by atoms with Crippen molar-refractivity contribution in [2.45, 2.75) is 37.6 Å². The Morgan fingerprint density at radius 3 is 2.76 bits per heavy atom. The van der Waals surface area contributed by atoms with Gasteiger partial charge in [0, 0.05) is 18.1 Å². The second-order valence-corrected chi connectivity index (χ2v) is 8.21. The van der Waals surface area contributed by atoms with Gasteiger partial charge in [-0.05, 0) is 49.9 Å². The lowest BCUT2D eigenvalue weighted by Crippen LogP contribution is -2.30. The van der Waals surface area contributed by atoms with Crippen molar-refractivity contribution in [3.05, 3.63) is 45.9 Å². The van der Waals surface area contributed by atoms with E-state index < -0.39 is 10.0 Å². The number of hydrogen-bond donors (Lipinski definition) is 0. The third-order valence-electron chi connectivity index (χ3n) is 4.03. The first-order valence-corrected chi connectivity index (χ1v) is 9.30. The van der Waals surface area contributed by atoms with E-state index in [2.05, 4.69) is 4.98 Å². The van der Waals surface area contributed by atoms with Crippen molar-refractivity contribution in [1.82, 2.24) is 9.29 Å². The van der Waals surface area contributed by atoms with Gasteiger partial charge in [0.25, 0.3) is 0 Å². The van der Waals surface area contributed by atoms with Gasteiger partial charge in [0.2, 0.25) is 10.0 Å². The highest BCUT2D eigenvalue weighted by Crippen LogP contribution is 2.37. The summed E-state index contributed by atoms with van der Waals surface area (Å²) in [6, 6.07) is 5.23. The highest BCUT2D eigenvalue weighted by molar-refractivity contribution is 7.89. The minimum Gasteiger partial charge on any atom is -0.248 e. The van der Waals surface area contributed by atoms with Gasteiger partial charge in [-0.15, -0.1) is 11.3 Å². The number of benzene rings is 1. The molecule has 1 atom stereocenters. The smallest absolute Gasteiger partial charge is 0.243 e. The Kier molecular flexibility index (Phi) is 3.86. The van der Waals surface area contributed by atoms with Crippen LogP contribution in [0.25, 0.3) is 0 Å². The van der Waals surface area contributed by atoms with Crippen LogP contribution in [0.2, 0.25) is 0 Å². The molecule has 0 amide bonds. The number of sulfonamides is 1. The number of aromatic nitrogens is 1. The second kappa shape index (κ2) is 5.51. The third kappa shape index (κ3) is 2.63. The predicted octanol–water partition coefficient (Wildman–Crippen LogP) is 3.29. The summed E-state index contributed by atoms with van der Waals surface area (Å²) in [4.78, 5) is 4.68. The van der Waals surface area contributed by atoms with Gasteiger partial charge in [-0.3, -0.25) is 0 Å². The van der Waals surface area contributed by atoms with Crippen molar-refractivity contribution < 1.29 is 8.42 Å². The topological polar surface area (TPSA) is 50.3 Å². The molecule has 0 spiro atoms. The minimum atomic E-state index is -3.45. The Labute approximate surface area is 129 Å². The number of rotatable bonds is 3. The molecular formula is C15H18N2O2S2. The molecule has 0 saturated carbocycles. The van der Waals surface area contributed by atoms with Crippen molar-refractivity contribution in [2.75, 3.05) is 6.54 Å². The summed E-state index contributed by atoms with van der Waals surface area (Å²) in [5.74, 6) is 0. The Balaban J connectivity index is 1.99. The summed E-state index contributed by atoms with van der Waals surface area (Å²) in [7, 11) is -3.45. The maximum Gasteiger partial charge on any atom is 0.243 e. The van der Waals surface area contributed by atoms with Crippen LogP contribution >= 0.6 is 11.3 Å². The summed E-state index contributed by atoms with van der Waals surface area (Å²) >= 11 is 1.52. The lowest BCUT2D eigenvalue weighted by molar-refractivity contribution is 0.395. The molecule has 1 aromatic carbocycles. The van der Waals surface area contributed by atoms with Crippen molar-refractivity contribution >= 4 is 21.4 Å². The molecule has 1 unspecified atom stereocenters. The van der Waals surface area contributed by atoms with Crippen LogP contribution < -0.4 is 0 Å². The van der Waals surface area contributed by atoms with E-state index in [0.29, 0.717) is 11.4 Å². The van der Waals surface area contributed by atoms with Crippen molar-refractivity contribution in [3.8, 4) is 0 Å². The Bertz CT molecular complexity index is 739. The average molecular weight is 322 g/mol. The van der Waals surface area contributed by atoms with Crippen LogP contribution in [0.1, 0.15) is 35.0 Å². The van der Waals surface area contributed by atoms with Crippen LogP contribution in [0.3, 0.4) is 0 Å². The molecule has 4 nitrogen and oxygen atoms in total. The number of thiazole rings is 1. The minimum absolute atomic E-state index is 0.114. The molecule has 1 aliphatic heterocycles. The van der Waals surface area contributed by atoms with Gasteiger partial charge in [-0.1, -0.05) is 6.07 Å². The molecule has 0 N–H and O–H groups in total. The molecule has 2 heterocycles. The predicted molar refractivity (Wildman–Crippen MR) is 83.9 cm³/mol. The summed E-state index contributed by atoms with van der Waals surface area (Å²) in [6.45, 7) is 4.50. The van der Waals surface area contributed by atoms with E-state index in [1.165, 1.54) is 11.3 Å². The number of aryl methyl sites for hydroxylation is 2. The van der Waals surface area contributed by atoms with Crippen molar-refractivity contribution in [2.24, 2.45) is 0 Å². The lowest BCUT2D eigenvalue weighted by Gasteiger charge is -2.23. The number of hydrogen-bond acceptors (Lipinski definition) is 4. The monoisotopic (exact) mass is 322 g/mol. The van der Waals surface area contributed by atoms with Gasteiger partial charge in [0.1, 0.15) is 5.01 Å². The van der Waals surface area contributed by atoms with E-state index in [0.717, 1.165) is 29.0 Å². The first kappa shape index (κ1) is 14.7. The van der Waals surface area contributed by atoms with Gasteiger partial charge in [-0.2, -0.15) is 4.31 Å². The Morgan fingerprint density at radius 2 is 2.10 bits per heavy atom. The SMILES string of the molecule is Cc1ccc(S(=O)(=O)N2CCCC2c2nccs2)cc1C. The van der Waals surface area contributed by atoms with E-state index in [1.54, 1.807) is 22.6 Å². The summed E-state index contributed by atoms with van der Waals surface area (Å²) in [5.41, 5.74) is 2.10. The second-order valence-electron chi connectivity index (χ2n) is 5.39. The van der Waals surface area contributed by atoms with Gasteiger partial charge in [-0.25, -0.2) is 13.4 Å². The molecule has 1 fully saturated rings.